The maximum atomic E-state index is 7.21. The van der Waals surface area contributed by atoms with E-state index in [0.29, 0.717) is 0 Å². The van der Waals surface area contributed by atoms with E-state index in [1.165, 1.54) is 0 Å². The van der Waals surface area contributed by atoms with Crippen molar-refractivity contribution in [3.63, 3.8) is 0 Å². The molecule has 0 bridgehead atoms. The second kappa shape index (κ2) is 4.16. The Balaban J connectivity index is 2.58. The Labute approximate surface area is 76.7 Å². The van der Waals surface area contributed by atoms with Crippen LogP contribution in [0.25, 0.3) is 0 Å². The molecule has 0 fully saturated rings. The van der Waals surface area contributed by atoms with E-state index in [1.54, 1.807) is 11.8 Å². The third kappa shape index (κ3) is 2.58. The van der Waals surface area contributed by atoms with Gasteiger partial charge in [0.15, 0.2) is 0 Å². The highest BCUT2D eigenvalue weighted by Crippen LogP contribution is 2.21. The van der Waals surface area contributed by atoms with Crippen molar-refractivity contribution in [1.82, 2.24) is 0 Å². The van der Waals surface area contributed by atoms with Crippen LogP contribution >= 0.6 is 11.8 Å². The van der Waals surface area contributed by atoms with Crippen LogP contribution in [0, 0.1) is 5.41 Å². The summed E-state index contributed by atoms with van der Waals surface area (Å²) in [6.07, 6.45) is 0. The molecule has 0 aliphatic carbocycles. The Hall–Kier alpha value is -0.960. The van der Waals surface area contributed by atoms with Gasteiger partial charge in [-0.1, -0.05) is 18.2 Å². The van der Waals surface area contributed by atoms with Crippen LogP contribution in [-0.2, 0) is 0 Å². The van der Waals surface area contributed by atoms with Crippen LogP contribution in [0.15, 0.2) is 35.2 Å². The largest absolute Gasteiger partial charge is 0.387 e. The van der Waals surface area contributed by atoms with Gasteiger partial charge >= 0.3 is 0 Å². The standard InChI is InChI=1S/C9H12N2S/c1-7(9(10)11)12-8-5-3-2-4-6-8/h2-7H,1H3,(H3,10,11). The molecule has 0 spiro atoms. The van der Waals surface area contributed by atoms with E-state index in [9.17, 15) is 0 Å². The van der Waals surface area contributed by atoms with Crippen molar-refractivity contribution >= 4 is 17.6 Å². The first-order chi connectivity index (χ1) is 5.70. The first kappa shape index (κ1) is 9.13. The predicted octanol–water partition coefficient (Wildman–Crippen LogP) is 2.10. The van der Waals surface area contributed by atoms with Crippen LogP contribution < -0.4 is 5.73 Å². The molecule has 1 aromatic rings. The summed E-state index contributed by atoms with van der Waals surface area (Å²) in [6, 6.07) is 9.97. The topological polar surface area (TPSA) is 49.9 Å². The quantitative estimate of drug-likeness (QED) is 0.425. The molecule has 0 heterocycles. The Kier molecular flexibility index (Phi) is 3.17. The Bertz CT molecular complexity index is 258. The van der Waals surface area contributed by atoms with E-state index in [1.807, 2.05) is 37.3 Å². The van der Waals surface area contributed by atoms with Crippen molar-refractivity contribution in [2.24, 2.45) is 5.73 Å². The van der Waals surface area contributed by atoms with E-state index in [-0.39, 0.29) is 11.1 Å². The number of rotatable bonds is 3. The Morgan fingerprint density at radius 1 is 1.42 bits per heavy atom. The summed E-state index contributed by atoms with van der Waals surface area (Å²) < 4.78 is 0. The lowest BCUT2D eigenvalue weighted by Gasteiger charge is -2.07. The van der Waals surface area contributed by atoms with Gasteiger partial charge in [0.2, 0.25) is 0 Å². The smallest absolute Gasteiger partial charge is 0.104 e. The number of amidine groups is 1. The van der Waals surface area contributed by atoms with Gasteiger partial charge in [-0.3, -0.25) is 5.41 Å². The summed E-state index contributed by atoms with van der Waals surface area (Å²) in [4.78, 5) is 1.15. The van der Waals surface area contributed by atoms with Gasteiger partial charge in [-0.05, 0) is 19.1 Å². The molecule has 3 N–H and O–H groups in total. The van der Waals surface area contributed by atoms with Crippen molar-refractivity contribution in [3.05, 3.63) is 30.3 Å². The van der Waals surface area contributed by atoms with Crippen molar-refractivity contribution in [3.8, 4) is 0 Å². The molecular weight excluding hydrogens is 168 g/mol. The van der Waals surface area contributed by atoms with Crippen molar-refractivity contribution in [2.45, 2.75) is 17.1 Å². The highest BCUT2D eigenvalue weighted by Gasteiger charge is 2.05. The van der Waals surface area contributed by atoms with Gasteiger partial charge in [-0.15, -0.1) is 11.8 Å². The number of hydrogen-bond donors (Lipinski definition) is 2. The molecule has 1 aromatic carbocycles. The molecule has 0 aromatic heterocycles. The summed E-state index contributed by atoms with van der Waals surface area (Å²) >= 11 is 1.60. The fraction of sp³-hybridized carbons (Fsp3) is 0.222. The molecule has 3 heteroatoms. The number of nitrogens with two attached hydrogens (primary N) is 1. The summed E-state index contributed by atoms with van der Waals surface area (Å²) in [6.45, 7) is 1.93. The number of thioether (sulfide) groups is 1. The molecule has 0 aliphatic heterocycles. The van der Waals surface area contributed by atoms with E-state index in [0.717, 1.165) is 4.90 Å². The monoisotopic (exact) mass is 180 g/mol. The van der Waals surface area contributed by atoms with Crippen LogP contribution in [0.1, 0.15) is 6.92 Å². The van der Waals surface area contributed by atoms with Crippen LogP contribution in [0.4, 0.5) is 0 Å². The SMILES string of the molecule is CC(Sc1ccccc1)C(=N)N. The van der Waals surface area contributed by atoms with E-state index < -0.39 is 0 Å². The first-order valence-corrected chi connectivity index (χ1v) is 4.63. The van der Waals surface area contributed by atoms with Crippen LogP contribution in [-0.4, -0.2) is 11.1 Å². The zero-order valence-corrected chi connectivity index (χ0v) is 7.77. The van der Waals surface area contributed by atoms with Gasteiger partial charge in [-0.25, -0.2) is 0 Å². The van der Waals surface area contributed by atoms with Crippen LogP contribution in [0.3, 0.4) is 0 Å². The fourth-order valence-electron chi connectivity index (χ4n) is 0.767. The normalized spacial score (nSPS) is 12.4. The highest BCUT2D eigenvalue weighted by atomic mass is 32.2. The lowest BCUT2D eigenvalue weighted by Crippen LogP contribution is -2.21. The van der Waals surface area contributed by atoms with Gasteiger partial charge in [0.05, 0.1) is 5.25 Å². The minimum absolute atomic E-state index is 0.0624. The van der Waals surface area contributed by atoms with E-state index in [4.69, 9.17) is 11.1 Å². The van der Waals surface area contributed by atoms with E-state index >= 15 is 0 Å². The molecule has 0 amide bonds. The molecule has 12 heavy (non-hydrogen) atoms. The molecule has 0 saturated heterocycles. The van der Waals surface area contributed by atoms with Gasteiger partial charge in [-0.2, -0.15) is 0 Å². The fourth-order valence-corrected chi connectivity index (χ4v) is 1.62. The van der Waals surface area contributed by atoms with Gasteiger partial charge in [0, 0.05) is 4.90 Å². The van der Waals surface area contributed by atoms with Gasteiger partial charge in [0.1, 0.15) is 5.84 Å². The average molecular weight is 180 g/mol. The minimum Gasteiger partial charge on any atom is -0.387 e. The molecule has 1 rings (SSSR count). The van der Waals surface area contributed by atoms with Gasteiger partial charge < -0.3 is 5.73 Å². The zero-order valence-electron chi connectivity index (χ0n) is 6.95. The molecule has 2 nitrogen and oxygen atoms in total. The lowest BCUT2D eigenvalue weighted by atomic mass is 10.4. The van der Waals surface area contributed by atoms with Crippen LogP contribution in [0.2, 0.25) is 0 Å². The van der Waals surface area contributed by atoms with Crippen molar-refractivity contribution in [2.75, 3.05) is 0 Å². The Morgan fingerprint density at radius 2 is 2.00 bits per heavy atom. The van der Waals surface area contributed by atoms with Crippen molar-refractivity contribution in [1.29, 1.82) is 5.41 Å². The van der Waals surface area contributed by atoms with Gasteiger partial charge in [0.25, 0.3) is 0 Å². The number of benzene rings is 1. The summed E-state index contributed by atoms with van der Waals surface area (Å²) in [5.74, 6) is 0.226. The molecule has 0 radical (unpaired) electrons. The third-order valence-corrected chi connectivity index (χ3v) is 2.65. The molecular formula is C9H12N2S. The summed E-state index contributed by atoms with van der Waals surface area (Å²) in [5.41, 5.74) is 5.35. The van der Waals surface area contributed by atoms with Crippen molar-refractivity contribution < 1.29 is 0 Å². The zero-order chi connectivity index (χ0) is 8.97. The number of nitrogens with one attached hydrogen (secondary N) is 1. The van der Waals surface area contributed by atoms with Crippen LogP contribution in [0.5, 0.6) is 0 Å². The van der Waals surface area contributed by atoms with E-state index in [2.05, 4.69) is 0 Å². The minimum atomic E-state index is 0.0624. The highest BCUT2D eigenvalue weighted by molar-refractivity contribution is 8.00. The third-order valence-electron chi connectivity index (χ3n) is 1.49. The number of hydrogen-bond acceptors (Lipinski definition) is 2. The maximum absolute atomic E-state index is 7.21. The predicted molar refractivity (Wildman–Crippen MR) is 53.7 cm³/mol. The average Bonchev–Trinajstić information content (AvgIpc) is 2.06. The second-order valence-corrected chi connectivity index (χ2v) is 3.94. The molecule has 0 saturated carbocycles. The Morgan fingerprint density at radius 3 is 2.50 bits per heavy atom. The molecule has 1 unspecified atom stereocenters. The summed E-state index contributed by atoms with van der Waals surface area (Å²) in [5, 5.41) is 7.27. The second-order valence-electron chi connectivity index (χ2n) is 2.53. The lowest BCUT2D eigenvalue weighted by molar-refractivity contribution is 1.22. The first-order valence-electron chi connectivity index (χ1n) is 3.76. The molecule has 0 aliphatic rings. The maximum Gasteiger partial charge on any atom is 0.104 e. The molecule has 64 valence electrons. The summed E-state index contributed by atoms with van der Waals surface area (Å²) in [7, 11) is 0. The molecule has 1 atom stereocenters.